The van der Waals surface area contributed by atoms with E-state index in [1.807, 2.05) is 67.6 Å². The lowest BCUT2D eigenvalue weighted by Gasteiger charge is -2.12. The van der Waals surface area contributed by atoms with Crippen LogP contribution in [0.3, 0.4) is 0 Å². The van der Waals surface area contributed by atoms with Crippen molar-refractivity contribution in [1.29, 1.82) is 0 Å². The second kappa shape index (κ2) is 10.4. The first-order valence-electron chi connectivity index (χ1n) is 11.9. The molecular formula is C30H27N3O4S. The van der Waals surface area contributed by atoms with Gasteiger partial charge in [-0.25, -0.2) is 4.98 Å². The van der Waals surface area contributed by atoms with E-state index in [1.165, 1.54) is 11.3 Å². The summed E-state index contributed by atoms with van der Waals surface area (Å²) >= 11 is 1.26. The van der Waals surface area contributed by atoms with Crippen molar-refractivity contribution in [3.63, 3.8) is 0 Å². The fourth-order valence-corrected chi connectivity index (χ4v) is 5.30. The first-order valence-corrected chi connectivity index (χ1v) is 12.7. The summed E-state index contributed by atoms with van der Waals surface area (Å²) in [6.07, 6.45) is 0. The summed E-state index contributed by atoms with van der Waals surface area (Å²) in [7, 11) is 4.78. The van der Waals surface area contributed by atoms with Crippen LogP contribution in [0.4, 0.5) is 11.4 Å². The van der Waals surface area contributed by atoms with E-state index in [4.69, 9.17) is 24.9 Å². The number of carbonyl (C=O) groups excluding carboxylic acids is 1. The van der Waals surface area contributed by atoms with Crippen molar-refractivity contribution in [2.45, 2.75) is 6.92 Å². The highest BCUT2D eigenvalue weighted by Gasteiger charge is 2.22. The number of carbonyl (C=O) groups is 1. The van der Waals surface area contributed by atoms with Crippen LogP contribution in [0.25, 0.3) is 32.6 Å². The molecule has 2 aromatic heterocycles. The number of pyridine rings is 1. The molecular weight excluding hydrogens is 498 g/mol. The third-order valence-electron chi connectivity index (χ3n) is 6.27. The van der Waals surface area contributed by atoms with Crippen molar-refractivity contribution in [3.8, 4) is 39.6 Å². The number of amides is 1. The van der Waals surface area contributed by atoms with Crippen LogP contribution in [0, 0.1) is 6.92 Å². The Kier molecular flexibility index (Phi) is 6.89. The van der Waals surface area contributed by atoms with Crippen LogP contribution in [-0.4, -0.2) is 32.2 Å². The number of aryl methyl sites for hydroxylation is 1. The molecule has 2 heterocycles. The Bertz CT molecular complexity index is 1640. The van der Waals surface area contributed by atoms with E-state index in [0.717, 1.165) is 27.9 Å². The zero-order chi connectivity index (χ0) is 26.8. The molecule has 0 aliphatic rings. The number of aromatic nitrogens is 1. The van der Waals surface area contributed by atoms with E-state index < -0.39 is 0 Å². The highest BCUT2D eigenvalue weighted by molar-refractivity contribution is 7.21. The molecule has 5 aromatic rings. The van der Waals surface area contributed by atoms with Gasteiger partial charge in [0.1, 0.15) is 15.5 Å². The molecule has 1 amide bonds. The van der Waals surface area contributed by atoms with Gasteiger partial charge in [0, 0.05) is 22.7 Å². The maximum absolute atomic E-state index is 13.3. The number of nitrogen functional groups attached to an aromatic ring is 1. The van der Waals surface area contributed by atoms with E-state index in [0.29, 0.717) is 43.7 Å². The van der Waals surface area contributed by atoms with Gasteiger partial charge in [0.05, 0.1) is 32.7 Å². The average molecular weight is 526 g/mol. The average Bonchev–Trinajstić information content (AvgIpc) is 3.29. The number of nitrogens with two attached hydrogens (primary N) is 1. The quantitative estimate of drug-likeness (QED) is 0.243. The summed E-state index contributed by atoms with van der Waals surface area (Å²) in [4.78, 5) is 19.3. The van der Waals surface area contributed by atoms with E-state index in [9.17, 15) is 4.79 Å². The molecule has 7 nitrogen and oxygen atoms in total. The van der Waals surface area contributed by atoms with E-state index in [-0.39, 0.29) is 5.91 Å². The lowest BCUT2D eigenvalue weighted by molar-refractivity contribution is 0.103. The van der Waals surface area contributed by atoms with Gasteiger partial charge >= 0.3 is 0 Å². The number of nitrogens with zero attached hydrogens (tertiary/aromatic N) is 1. The number of hydrogen-bond acceptors (Lipinski definition) is 7. The lowest BCUT2D eigenvalue weighted by atomic mass is 9.98. The first kappa shape index (κ1) is 25.1. The third kappa shape index (κ3) is 4.73. The van der Waals surface area contributed by atoms with Gasteiger partial charge in [0.2, 0.25) is 0 Å². The predicted octanol–water partition coefficient (Wildman–Crippen LogP) is 6.80. The molecule has 0 aliphatic heterocycles. The normalized spacial score (nSPS) is 10.8. The van der Waals surface area contributed by atoms with Gasteiger partial charge in [0.25, 0.3) is 5.91 Å². The van der Waals surface area contributed by atoms with Crippen molar-refractivity contribution < 1.29 is 19.0 Å². The molecule has 0 saturated carbocycles. The minimum Gasteiger partial charge on any atom is -0.497 e. The number of rotatable bonds is 7. The van der Waals surface area contributed by atoms with Gasteiger partial charge in [0.15, 0.2) is 11.5 Å². The second-order valence-electron chi connectivity index (χ2n) is 8.70. The van der Waals surface area contributed by atoms with Crippen LogP contribution in [-0.2, 0) is 0 Å². The summed E-state index contributed by atoms with van der Waals surface area (Å²) < 4.78 is 16.3. The van der Waals surface area contributed by atoms with Crippen molar-refractivity contribution >= 4 is 38.8 Å². The number of fused-ring (bicyclic) bond motifs is 1. The Balaban J connectivity index is 1.67. The van der Waals surface area contributed by atoms with E-state index >= 15 is 0 Å². The standard InChI is InChI=1S/C30H27N3O4S/c1-17-8-10-18(11-9-17)23-16-22(19-12-13-24(36-3)25(14-19)37-4)26-27(31)28(38-30(26)33-23)29(34)32-20-6-5-7-21(15-20)35-2/h5-16H,31H2,1-4H3,(H,32,34). The molecule has 0 radical (unpaired) electrons. The predicted molar refractivity (Wildman–Crippen MR) is 154 cm³/mol. The number of thiophene rings is 1. The number of anilines is 2. The third-order valence-corrected chi connectivity index (χ3v) is 7.37. The Morgan fingerprint density at radius 1 is 0.868 bits per heavy atom. The Morgan fingerprint density at radius 3 is 2.32 bits per heavy atom. The fraction of sp³-hybridized carbons (Fsp3) is 0.133. The molecule has 0 saturated heterocycles. The number of ether oxygens (including phenoxy) is 3. The number of methoxy groups -OCH3 is 3. The van der Waals surface area contributed by atoms with Crippen LogP contribution < -0.4 is 25.3 Å². The zero-order valence-electron chi connectivity index (χ0n) is 21.5. The van der Waals surface area contributed by atoms with E-state index in [1.54, 1.807) is 33.5 Å². The topological polar surface area (TPSA) is 95.7 Å². The SMILES string of the molecule is COc1cccc(NC(=O)c2sc3nc(-c4ccc(C)cc4)cc(-c4ccc(OC)c(OC)c4)c3c2N)c1. The molecule has 0 aliphatic carbocycles. The summed E-state index contributed by atoms with van der Waals surface area (Å²) in [6.45, 7) is 2.04. The van der Waals surface area contributed by atoms with Gasteiger partial charge in [-0.1, -0.05) is 42.0 Å². The minimum absolute atomic E-state index is 0.311. The summed E-state index contributed by atoms with van der Waals surface area (Å²) in [5.74, 6) is 1.55. The first-order chi connectivity index (χ1) is 18.4. The van der Waals surface area contributed by atoms with Crippen LogP contribution in [0.1, 0.15) is 15.2 Å². The minimum atomic E-state index is -0.311. The van der Waals surface area contributed by atoms with Crippen molar-refractivity contribution in [2.75, 3.05) is 32.4 Å². The van der Waals surface area contributed by atoms with Crippen molar-refractivity contribution in [3.05, 3.63) is 83.2 Å². The molecule has 0 fully saturated rings. The van der Waals surface area contributed by atoms with Crippen molar-refractivity contribution in [2.24, 2.45) is 0 Å². The number of nitrogens with one attached hydrogen (secondary N) is 1. The largest absolute Gasteiger partial charge is 0.497 e. The Morgan fingerprint density at radius 2 is 1.61 bits per heavy atom. The van der Waals surface area contributed by atoms with Crippen molar-refractivity contribution in [1.82, 2.24) is 4.98 Å². The van der Waals surface area contributed by atoms with Crippen LogP contribution >= 0.6 is 11.3 Å². The molecule has 38 heavy (non-hydrogen) atoms. The summed E-state index contributed by atoms with van der Waals surface area (Å²) in [6, 6.07) is 23.1. The maximum atomic E-state index is 13.3. The smallest absolute Gasteiger partial charge is 0.267 e. The molecule has 3 N–H and O–H groups in total. The zero-order valence-corrected chi connectivity index (χ0v) is 22.3. The Hall–Kier alpha value is -4.56. The molecule has 0 spiro atoms. The van der Waals surface area contributed by atoms with Crippen LogP contribution in [0.2, 0.25) is 0 Å². The van der Waals surface area contributed by atoms with Gasteiger partial charge in [-0.3, -0.25) is 4.79 Å². The maximum Gasteiger partial charge on any atom is 0.267 e. The second-order valence-corrected chi connectivity index (χ2v) is 9.70. The fourth-order valence-electron chi connectivity index (χ4n) is 4.28. The summed E-state index contributed by atoms with van der Waals surface area (Å²) in [5.41, 5.74) is 12.3. The molecule has 5 rings (SSSR count). The highest BCUT2D eigenvalue weighted by atomic mass is 32.1. The molecule has 0 atom stereocenters. The molecule has 8 heteroatoms. The Labute approximate surface area is 224 Å². The highest BCUT2D eigenvalue weighted by Crippen LogP contribution is 2.43. The molecule has 192 valence electrons. The summed E-state index contributed by atoms with van der Waals surface area (Å²) in [5, 5.41) is 3.64. The molecule has 0 bridgehead atoms. The van der Waals surface area contributed by atoms with Crippen LogP contribution in [0.5, 0.6) is 17.2 Å². The van der Waals surface area contributed by atoms with E-state index in [2.05, 4.69) is 5.32 Å². The van der Waals surface area contributed by atoms with Gasteiger partial charge in [-0.2, -0.15) is 0 Å². The van der Waals surface area contributed by atoms with Gasteiger partial charge in [-0.05, 0) is 48.4 Å². The molecule has 3 aromatic carbocycles. The number of benzene rings is 3. The van der Waals surface area contributed by atoms with Gasteiger partial charge in [-0.15, -0.1) is 11.3 Å². The number of hydrogen-bond donors (Lipinski definition) is 2. The van der Waals surface area contributed by atoms with Crippen LogP contribution in [0.15, 0.2) is 72.8 Å². The lowest BCUT2D eigenvalue weighted by Crippen LogP contribution is -2.12. The molecule has 0 unspecified atom stereocenters. The monoisotopic (exact) mass is 525 g/mol. The van der Waals surface area contributed by atoms with Gasteiger partial charge < -0.3 is 25.3 Å².